The third-order valence-corrected chi connectivity index (χ3v) is 6.83. The van der Waals surface area contributed by atoms with Crippen LogP contribution >= 0.6 is 11.3 Å². The third-order valence-electron chi connectivity index (χ3n) is 6.10. The fourth-order valence-electron chi connectivity index (χ4n) is 4.31. The van der Waals surface area contributed by atoms with Gasteiger partial charge in [-0.3, -0.25) is 9.78 Å². The molecular formula is C21H28N4O3S. The molecule has 1 aliphatic carbocycles. The van der Waals surface area contributed by atoms with Crippen LogP contribution in [0.15, 0.2) is 29.2 Å². The number of carbonyl (C=O) groups excluding carboxylic acids is 1. The maximum atomic E-state index is 12.3. The molecule has 2 aromatic rings. The number of hydrogen-bond donors (Lipinski definition) is 1. The minimum absolute atomic E-state index is 0.103. The highest BCUT2D eigenvalue weighted by molar-refractivity contribution is 7.07. The highest BCUT2D eigenvalue weighted by atomic mass is 32.1. The Morgan fingerprint density at radius 2 is 2.24 bits per heavy atom. The van der Waals surface area contributed by atoms with Gasteiger partial charge in [0.15, 0.2) is 5.82 Å². The minimum Gasteiger partial charge on any atom is -0.476 e. The number of nitrogens with zero attached hydrogens (tertiary/aromatic N) is 4. The van der Waals surface area contributed by atoms with E-state index in [0.717, 1.165) is 38.2 Å². The Hall–Kier alpha value is -2.19. The van der Waals surface area contributed by atoms with Gasteiger partial charge < -0.3 is 19.6 Å². The molecule has 1 saturated carbocycles. The zero-order chi connectivity index (χ0) is 20.3. The van der Waals surface area contributed by atoms with Crippen molar-refractivity contribution in [1.29, 1.82) is 0 Å². The highest BCUT2D eigenvalue weighted by Crippen LogP contribution is 2.57. The van der Waals surface area contributed by atoms with Gasteiger partial charge in [0.05, 0.1) is 19.0 Å². The zero-order valence-corrected chi connectivity index (χ0v) is 17.6. The van der Waals surface area contributed by atoms with Crippen LogP contribution in [-0.4, -0.2) is 58.2 Å². The van der Waals surface area contributed by atoms with Gasteiger partial charge >= 0.3 is 0 Å². The van der Waals surface area contributed by atoms with Crippen molar-refractivity contribution in [3.8, 4) is 5.88 Å². The maximum Gasteiger partial charge on any atom is 0.234 e. The first-order valence-electron chi connectivity index (χ1n) is 10.2. The van der Waals surface area contributed by atoms with Crippen LogP contribution < -0.4 is 9.64 Å². The number of aliphatic hydroxyl groups excluding tert-OH is 1. The Kier molecular flexibility index (Phi) is 6.01. The van der Waals surface area contributed by atoms with E-state index in [-0.39, 0.29) is 17.9 Å². The van der Waals surface area contributed by atoms with Crippen molar-refractivity contribution in [3.63, 3.8) is 0 Å². The van der Waals surface area contributed by atoms with Gasteiger partial charge in [0.25, 0.3) is 0 Å². The molecule has 1 atom stereocenters. The highest BCUT2D eigenvalue weighted by Gasteiger charge is 2.58. The number of thiophene rings is 1. The van der Waals surface area contributed by atoms with E-state index in [4.69, 9.17) is 9.84 Å². The van der Waals surface area contributed by atoms with E-state index in [1.54, 1.807) is 30.7 Å². The molecule has 1 aliphatic heterocycles. The van der Waals surface area contributed by atoms with E-state index in [9.17, 15) is 4.79 Å². The summed E-state index contributed by atoms with van der Waals surface area (Å²) in [5, 5.41) is 13.1. The number of amides is 1. The Morgan fingerprint density at radius 3 is 2.93 bits per heavy atom. The number of aliphatic hydroxyl groups is 1. The molecule has 29 heavy (non-hydrogen) atoms. The van der Waals surface area contributed by atoms with Gasteiger partial charge in [0.1, 0.15) is 0 Å². The fraction of sp³-hybridized carbons (Fsp3) is 0.571. The summed E-state index contributed by atoms with van der Waals surface area (Å²) in [6, 6.07) is 2.45. The average molecular weight is 417 g/mol. The lowest BCUT2D eigenvalue weighted by Crippen LogP contribution is -2.40. The molecule has 156 valence electrons. The van der Waals surface area contributed by atoms with E-state index in [0.29, 0.717) is 31.5 Å². The van der Waals surface area contributed by atoms with E-state index >= 15 is 0 Å². The summed E-state index contributed by atoms with van der Waals surface area (Å²) in [5.74, 6) is 1.50. The Morgan fingerprint density at radius 1 is 1.41 bits per heavy atom. The quantitative estimate of drug-likeness (QED) is 0.667. The smallest absolute Gasteiger partial charge is 0.234 e. The number of hydrogen-bond acceptors (Lipinski definition) is 7. The zero-order valence-electron chi connectivity index (χ0n) is 16.8. The molecule has 2 aliphatic rings. The van der Waals surface area contributed by atoms with E-state index in [2.05, 4.69) is 36.6 Å². The SMILES string of the molecule is CC(=O)N(Cc1ccsc1)C1CC12CCN(c1cncc(OCCCO)n1)CC2. The first kappa shape index (κ1) is 20.1. The lowest BCUT2D eigenvalue weighted by molar-refractivity contribution is -0.130. The molecule has 2 fully saturated rings. The number of anilines is 1. The van der Waals surface area contributed by atoms with Gasteiger partial charge in [-0.1, -0.05) is 0 Å². The molecule has 8 heteroatoms. The predicted octanol–water partition coefficient (Wildman–Crippen LogP) is 2.71. The molecule has 0 bridgehead atoms. The molecule has 1 N–H and O–H groups in total. The molecule has 1 unspecified atom stereocenters. The van der Waals surface area contributed by atoms with Crippen LogP contribution in [0.5, 0.6) is 5.88 Å². The third kappa shape index (κ3) is 4.53. The van der Waals surface area contributed by atoms with Crippen LogP contribution in [0.3, 0.4) is 0 Å². The van der Waals surface area contributed by atoms with E-state index in [1.807, 2.05) is 0 Å². The second-order valence-corrected chi connectivity index (χ2v) is 8.77. The molecule has 4 rings (SSSR count). The van der Waals surface area contributed by atoms with Crippen LogP contribution in [0.2, 0.25) is 0 Å². The van der Waals surface area contributed by atoms with Gasteiger partial charge in [0.2, 0.25) is 11.8 Å². The van der Waals surface area contributed by atoms with Gasteiger partial charge in [0, 0.05) is 45.6 Å². The fourth-order valence-corrected chi connectivity index (χ4v) is 4.97. The van der Waals surface area contributed by atoms with Gasteiger partial charge in [-0.15, -0.1) is 0 Å². The lowest BCUT2D eigenvalue weighted by Gasteiger charge is -2.35. The number of aromatic nitrogens is 2. The van der Waals surface area contributed by atoms with E-state index in [1.165, 1.54) is 5.56 Å². The van der Waals surface area contributed by atoms with Gasteiger partial charge in [-0.2, -0.15) is 16.3 Å². The Bertz CT molecular complexity index is 821. The summed E-state index contributed by atoms with van der Waals surface area (Å²) in [5.41, 5.74) is 1.47. The van der Waals surface area contributed by atoms with Crippen molar-refractivity contribution < 1.29 is 14.6 Å². The van der Waals surface area contributed by atoms with Crippen molar-refractivity contribution in [3.05, 3.63) is 34.8 Å². The van der Waals surface area contributed by atoms with Crippen molar-refractivity contribution in [2.75, 3.05) is 31.2 Å². The number of rotatable bonds is 8. The Balaban J connectivity index is 1.35. The Labute approximate surface area is 175 Å². The summed E-state index contributed by atoms with van der Waals surface area (Å²) >= 11 is 1.68. The molecular weight excluding hydrogens is 388 g/mol. The number of piperidine rings is 1. The summed E-state index contributed by atoms with van der Waals surface area (Å²) in [7, 11) is 0. The summed E-state index contributed by atoms with van der Waals surface area (Å²) in [4.78, 5) is 25.4. The van der Waals surface area contributed by atoms with Crippen molar-refractivity contribution in [2.45, 2.75) is 45.2 Å². The summed E-state index contributed by atoms with van der Waals surface area (Å²) in [6.45, 7) is 4.76. The topological polar surface area (TPSA) is 78.8 Å². The standard InChI is InChI=1S/C21H28N4O3S/c1-16(27)25(14-17-3-10-29-15-17)18-11-21(18)4-6-24(7-5-21)19-12-22-13-20(23-19)28-9-2-8-26/h3,10,12-13,15,18,26H,2,4-9,11,14H2,1H3. The van der Waals surface area contributed by atoms with Crippen molar-refractivity contribution in [1.82, 2.24) is 14.9 Å². The molecule has 3 heterocycles. The lowest BCUT2D eigenvalue weighted by atomic mass is 9.92. The first-order chi connectivity index (χ1) is 14.1. The predicted molar refractivity (Wildman–Crippen MR) is 112 cm³/mol. The second kappa shape index (κ2) is 8.67. The van der Waals surface area contributed by atoms with Crippen LogP contribution in [0.25, 0.3) is 0 Å². The molecule has 1 saturated heterocycles. The van der Waals surface area contributed by atoms with Crippen LogP contribution in [0, 0.1) is 5.41 Å². The molecule has 0 radical (unpaired) electrons. The first-order valence-corrected chi connectivity index (χ1v) is 11.1. The van der Waals surface area contributed by atoms with Gasteiger partial charge in [-0.05, 0) is 47.1 Å². The maximum absolute atomic E-state index is 12.3. The second-order valence-electron chi connectivity index (χ2n) is 7.99. The molecule has 7 nitrogen and oxygen atoms in total. The molecule has 1 spiro atoms. The number of carbonyl (C=O) groups is 1. The normalized spacial score (nSPS) is 19.9. The van der Waals surface area contributed by atoms with Gasteiger partial charge in [-0.25, -0.2) is 0 Å². The summed E-state index contributed by atoms with van der Waals surface area (Å²) in [6.07, 6.45) is 7.18. The monoisotopic (exact) mass is 416 g/mol. The molecule has 1 amide bonds. The van der Waals surface area contributed by atoms with Crippen LogP contribution in [-0.2, 0) is 11.3 Å². The largest absolute Gasteiger partial charge is 0.476 e. The van der Waals surface area contributed by atoms with Crippen molar-refractivity contribution >= 4 is 23.1 Å². The molecule has 2 aromatic heterocycles. The summed E-state index contributed by atoms with van der Waals surface area (Å²) < 4.78 is 5.55. The van der Waals surface area contributed by atoms with Crippen LogP contribution in [0.1, 0.15) is 38.2 Å². The van der Waals surface area contributed by atoms with E-state index < -0.39 is 0 Å². The van der Waals surface area contributed by atoms with Crippen molar-refractivity contribution in [2.24, 2.45) is 5.41 Å². The number of ether oxygens (including phenoxy) is 1. The van der Waals surface area contributed by atoms with Crippen LogP contribution in [0.4, 0.5) is 5.82 Å². The minimum atomic E-state index is 0.103. The average Bonchev–Trinajstić information content (AvgIpc) is 3.15. The molecule has 0 aromatic carbocycles.